The van der Waals surface area contributed by atoms with Crippen LogP contribution in [0.15, 0.2) is 24.3 Å². The molecule has 1 heterocycles. The van der Waals surface area contributed by atoms with Crippen LogP contribution in [0.3, 0.4) is 0 Å². The summed E-state index contributed by atoms with van der Waals surface area (Å²) >= 11 is 0. The van der Waals surface area contributed by atoms with Crippen molar-refractivity contribution in [3.05, 3.63) is 29.8 Å². The van der Waals surface area contributed by atoms with Gasteiger partial charge in [0.2, 0.25) is 5.91 Å². The molecular formula is C14H16N2O2. The normalized spacial score (nSPS) is 20.6. The molecule has 0 bridgehead atoms. The van der Waals surface area contributed by atoms with Crippen LogP contribution in [0.5, 0.6) is 0 Å². The van der Waals surface area contributed by atoms with E-state index < -0.39 is 0 Å². The Morgan fingerprint density at radius 2 is 1.83 bits per heavy atom. The molecule has 4 heteroatoms. The van der Waals surface area contributed by atoms with Crippen molar-refractivity contribution in [3.8, 4) is 0 Å². The summed E-state index contributed by atoms with van der Waals surface area (Å²) in [5.41, 5.74) is 1.37. The molecule has 0 aromatic heterocycles. The van der Waals surface area contributed by atoms with Crippen LogP contribution in [-0.4, -0.2) is 24.4 Å². The Hall–Kier alpha value is -1.84. The van der Waals surface area contributed by atoms with Crippen LogP contribution >= 0.6 is 0 Å². The maximum Gasteiger partial charge on any atom is 0.253 e. The van der Waals surface area contributed by atoms with Crippen molar-refractivity contribution in [2.24, 2.45) is 0 Å². The van der Waals surface area contributed by atoms with Crippen molar-refractivity contribution >= 4 is 17.5 Å². The Morgan fingerprint density at radius 1 is 1.11 bits per heavy atom. The van der Waals surface area contributed by atoms with Crippen molar-refractivity contribution in [3.63, 3.8) is 0 Å². The van der Waals surface area contributed by atoms with Crippen LogP contribution in [0.1, 0.15) is 36.0 Å². The number of rotatable bonds is 1. The van der Waals surface area contributed by atoms with E-state index in [1.807, 2.05) is 23.1 Å². The minimum absolute atomic E-state index is 0.000185. The third-order valence-corrected chi connectivity index (χ3v) is 3.77. The van der Waals surface area contributed by atoms with Gasteiger partial charge in [0.15, 0.2) is 0 Å². The fraction of sp³-hybridized carbons (Fsp3) is 0.429. The summed E-state index contributed by atoms with van der Waals surface area (Å²) in [6.07, 6.45) is 4.40. The number of nitrogens with one attached hydrogen (secondary N) is 1. The summed E-state index contributed by atoms with van der Waals surface area (Å²) in [7, 11) is 0. The maximum absolute atomic E-state index is 12.2. The Morgan fingerprint density at radius 3 is 2.61 bits per heavy atom. The zero-order valence-corrected chi connectivity index (χ0v) is 10.2. The van der Waals surface area contributed by atoms with Gasteiger partial charge in [-0.25, -0.2) is 0 Å². The van der Waals surface area contributed by atoms with Gasteiger partial charge in [-0.3, -0.25) is 9.59 Å². The first kappa shape index (κ1) is 11.3. The van der Waals surface area contributed by atoms with Crippen molar-refractivity contribution in [2.75, 3.05) is 11.4 Å². The lowest BCUT2D eigenvalue weighted by Crippen LogP contribution is -2.42. The van der Waals surface area contributed by atoms with Gasteiger partial charge >= 0.3 is 0 Å². The second-order valence-corrected chi connectivity index (χ2v) is 4.90. The lowest BCUT2D eigenvalue weighted by atomic mass is 10.1. The average Bonchev–Trinajstić information content (AvgIpc) is 2.87. The van der Waals surface area contributed by atoms with Gasteiger partial charge in [-0.1, -0.05) is 25.0 Å². The molecule has 1 N–H and O–H groups in total. The zero-order valence-electron chi connectivity index (χ0n) is 10.2. The predicted molar refractivity (Wildman–Crippen MR) is 68.5 cm³/mol. The van der Waals surface area contributed by atoms with Gasteiger partial charge in [0.05, 0.1) is 17.8 Å². The van der Waals surface area contributed by atoms with Crippen LogP contribution in [0.25, 0.3) is 0 Å². The van der Waals surface area contributed by atoms with Crippen molar-refractivity contribution in [2.45, 2.75) is 31.7 Å². The van der Waals surface area contributed by atoms with E-state index in [9.17, 15) is 9.59 Å². The highest BCUT2D eigenvalue weighted by atomic mass is 16.2. The minimum atomic E-state index is -0.153. The molecule has 0 radical (unpaired) electrons. The van der Waals surface area contributed by atoms with Crippen LogP contribution in [-0.2, 0) is 4.79 Å². The number of carbonyl (C=O) groups is 2. The van der Waals surface area contributed by atoms with E-state index in [1.165, 1.54) is 0 Å². The molecule has 4 nitrogen and oxygen atoms in total. The number of carbonyl (C=O) groups excluding carboxylic acids is 2. The van der Waals surface area contributed by atoms with Crippen LogP contribution < -0.4 is 10.2 Å². The summed E-state index contributed by atoms with van der Waals surface area (Å²) in [4.78, 5) is 26.0. The first-order valence-corrected chi connectivity index (χ1v) is 6.46. The number of hydrogen-bond acceptors (Lipinski definition) is 2. The molecule has 1 aliphatic carbocycles. The first-order chi connectivity index (χ1) is 8.77. The quantitative estimate of drug-likeness (QED) is 0.817. The highest BCUT2D eigenvalue weighted by Gasteiger charge is 2.32. The summed E-state index contributed by atoms with van der Waals surface area (Å²) in [6.45, 7) is 0.101. The Balaban J connectivity index is 2.07. The third-order valence-electron chi connectivity index (χ3n) is 3.77. The van der Waals surface area contributed by atoms with Crippen molar-refractivity contribution in [1.82, 2.24) is 5.32 Å². The molecule has 1 aliphatic heterocycles. The molecule has 18 heavy (non-hydrogen) atoms. The zero-order chi connectivity index (χ0) is 12.5. The highest BCUT2D eigenvalue weighted by Crippen LogP contribution is 2.31. The van der Waals surface area contributed by atoms with Gasteiger partial charge in [-0.2, -0.15) is 0 Å². The molecule has 0 saturated heterocycles. The molecule has 2 amide bonds. The molecule has 1 saturated carbocycles. The lowest BCUT2D eigenvalue weighted by molar-refractivity contribution is -0.118. The molecule has 0 unspecified atom stereocenters. The number of anilines is 1. The number of nitrogens with zero attached hydrogens (tertiary/aromatic N) is 1. The van der Waals surface area contributed by atoms with Gasteiger partial charge in [0, 0.05) is 6.04 Å². The van der Waals surface area contributed by atoms with Crippen molar-refractivity contribution in [1.29, 1.82) is 0 Å². The maximum atomic E-state index is 12.2. The fourth-order valence-corrected chi connectivity index (χ4v) is 2.91. The predicted octanol–water partition coefficient (Wildman–Crippen LogP) is 1.71. The standard InChI is InChI=1S/C14H16N2O2/c17-13-9-15-14(18)11-7-3-4-8-12(11)16(13)10-5-1-2-6-10/h3-4,7-8,10H,1-2,5-6,9H2,(H,15,18). The van der Waals surface area contributed by atoms with Gasteiger partial charge in [0.25, 0.3) is 5.91 Å². The minimum Gasteiger partial charge on any atom is -0.343 e. The SMILES string of the molecule is O=C1NCC(=O)N(C2CCCC2)c2ccccc21. The molecule has 1 aromatic carbocycles. The molecule has 3 rings (SSSR count). The van der Waals surface area contributed by atoms with E-state index in [1.54, 1.807) is 6.07 Å². The molecule has 94 valence electrons. The van der Waals surface area contributed by atoms with E-state index >= 15 is 0 Å². The Kier molecular flexibility index (Phi) is 2.78. The monoisotopic (exact) mass is 244 g/mol. The molecule has 0 spiro atoms. The highest BCUT2D eigenvalue weighted by molar-refractivity contribution is 6.09. The van der Waals surface area contributed by atoms with E-state index in [-0.39, 0.29) is 24.4 Å². The molecule has 0 atom stereocenters. The number of para-hydroxylation sites is 1. The second kappa shape index (κ2) is 4.44. The second-order valence-electron chi connectivity index (χ2n) is 4.90. The number of hydrogen-bond donors (Lipinski definition) is 1. The van der Waals surface area contributed by atoms with Gasteiger partial charge in [-0.05, 0) is 25.0 Å². The van der Waals surface area contributed by atoms with Crippen LogP contribution in [0.2, 0.25) is 0 Å². The van der Waals surface area contributed by atoms with E-state index in [0.717, 1.165) is 31.4 Å². The summed E-state index contributed by atoms with van der Waals surface area (Å²) in [5, 5.41) is 2.67. The summed E-state index contributed by atoms with van der Waals surface area (Å²) in [5.74, 6) is -0.153. The molecule has 1 aromatic rings. The van der Waals surface area contributed by atoms with Crippen LogP contribution in [0, 0.1) is 0 Å². The van der Waals surface area contributed by atoms with E-state index in [4.69, 9.17) is 0 Å². The lowest BCUT2D eigenvalue weighted by Gasteiger charge is -2.28. The van der Waals surface area contributed by atoms with E-state index in [0.29, 0.717) is 5.56 Å². The number of amides is 2. The van der Waals surface area contributed by atoms with Crippen molar-refractivity contribution < 1.29 is 9.59 Å². The van der Waals surface area contributed by atoms with Crippen LogP contribution in [0.4, 0.5) is 5.69 Å². The molecule has 1 fully saturated rings. The largest absolute Gasteiger partial charge is 0.343 e. The fourth-order valence-electron chi connectivity index (χ4n) is 2.91. The Labute approximate surface area is 106 Å². The number of fused-ring (bicyclic) bond motifs is 1. The van der Waals surface area contributed by atoms with Gasteiger partial charge < -0.3 is 10.2 Å². The van der Waals surface area contributed by atoms with Gasteiger partial charge in [-0.15, -0.1) is 0 Å². The van der Waals surface area contributed by atoms with E-state index in [2.05, 4.69) is 5.32 Å². The molecule has 2 aliphatic rings. The Bertz CT molecular complexity index is 492. The summed E-state index contributed by atoms with van der Waals surface area (Å²) in [6, 6.07) is 7.63. The third kappa shape index (κ3) is 1.78. The summed E-state index contributed by atoms with van der Waals surface area (Å²) < 4.78 is 0. The molecular weight excluding hydrogens is 228 g/mol. The topological polar surface area (TPSA) is 49.4 Å². The first-order valence-electron chi connectivity index (χ1n) is 6.46. The smallest absolute Gasteiger partial charge is 0.253 e. The average molecular weight is 244 g/mol. The van der Waals surface area contributed by atoms with Gasteiger partial charge in [0.1, 0.15) is 0 Å². The number of benzene rings is 1.